The zero-order chi connectivity index (χ0) is 12.5. The Morgan fingerprint density at radius 3 is 2.59 bits per heavy atom. The van der Waals surface area contributed by atoms with E-state index >= 15 is 0 Å². The highest BCUT2D eigenvalue weighted by atomic mass is 16.5. The van der Waals surface area contributed by atoms with Crippen LogP contribution in [0.5, 0.6) is 11.5 Å². The van der Waals surface area contributed by atoms with Gasteiger partial charge in [-0.15, -0.1) is 0 Å². The van der Waals surface area contributed by atoms with E-state index in [-0.39, 0.29) is 5.75 Å². The highest BCUT2D eigenvalue weighted by molar-refractivity contribution is 5.54. The van der Waals surface area contributed by atoms with Crippen molar-refractivity contribution in [3.05, 3.63) is 29.6 Å². The minimum Gasteiger partial charge on any atom is -0.504 e. The molecular formula is C13H17NO3. The van der Waals surface area contributed by atoms with Gasteiger partial charge in [-0.2, -0.15) is 0 Å². The van der Waals surface area contributed by atoms with E-state index in [2.05, 4.69) is 4.85 Å². The summed E-state index contributed by atoms with van der Waals surface area (Å²) < 4.78 is 10.0. The smallest absolute Gasteiger partial charge is 0.191 e. The Balaban J connectivity index is 0.000000239. The lowest BCUT2D eigenvalue weighted by Crippen LogP contribution is -1.90. The molecular weight excluding hydrogens is 218 g/mol. The molecule has 1 N–H and O–H groups in total. The molecule has 0 aromatic heterocycles. The van der Waals surface area contributed by atoms with Gasteiger partial charge in [-0.05, 0) is 31.9 Å². The van der Waals surface area contributed by atoms with Crippen molar-refractivity contribution in [1.82, 2.24) is 0 Å². The molecule has 1 fully saturated rings. The number of rotatable bonds is 2. The Labute approximate surface area is 102 Å². The van der Waals surface area contributed by atoms with E-state index in [1.54, 1.807) is 6.07 Å². The molecule has 1 aliphatic rings. The first-order chi connectivity index (χ1) is 8.27. The van der Waals surface area contributed by atoms with Gasteiger partial charge in [0.15, 0.2) is 17.2 Å². The molecule has 0 spiro atoms. The van der Waals surface area contributed by atoms with Crippen LogP contribution < -0.4 is 4.74 Å². The fraction of sp³-hybridized carbons (Fsp3) is 0.462. The Morgan fingerprint density at radius 1 is 1.41 bits per heavy atom. The third-order valence-corrected chi connectivity index (χ3v) is 2.20. The van der Waals surface area contributed by atoms with E-state index in [9.17, 15) is 5.11 Å². The van der Waals surface area contributed by atoms with Gasteiger partial charge in [0.1, 0.15) is 0 Å². The van der Waals surface area contributed by atoms with E-state index in [0.29, 0.717) is 18.0 Å². The third kappa shape index (κ3) is 4.75. The van der Waals surface area contributed by atoms with E-state index in [1.165, 1.54) is 25.0 Å². The highest BCUT2D eigenvalue weighted by Crippen LogP contribution is 2.30. The van der Waals surface area contributed by atoms with Gasteiger partial charge in [-0.25, -0.2) is 4.85 Å². The Kier molecular flexibility index (Phi) is 5.91. The molecule has 0 amide bonds. The SMILES string of the molecule is C1CCOC1.[C-]#[N+]c1ccc(O)c(OCC)c1. The number of aromatic hydroxyl groups is 1. The number of phenols is 1. The number of ether oxygens (including phenoxy) is 2. The average Bonchev–Trinajstić information content (AvgIpc) is 2.91. The van der Waals surface area contributed by atoms with Crippen LogP contribution in [0.1, 0.15) is 19.8 Å². The van der Waals surface area contributed by atoms with Crippen molar-refractivity contribution < 1.29 is 14.6 Å². The summed E-state index contributed by atoms with van der Waals surface area (Å²) in [5.41, 5.74) is 0.469. The lowest BCUT2D eigenvalue weighted by molar-refractivity contribution is 0.198. The van der Waals surface area contributed by atoms with Crippen LogP contribution in [0.15, 0.2) is 18.2 Å². The molecule has 1 aliphatic heterocycles. The van der Waals surface area contributed by atoms with Gasteiger partial charge in [0.2, 0.25) is 0 Å². The van der Waals surface area contributed by atoms with E-state index in [1.807, 2.05) is 6.92 Å². The lowest BCUT2D eigenvalue weighted by atomic mass is 10.3. The van der Waals surface area contributed by atoms with Crippen LogP contribution in [0.2, 0.25) is 0 Å². The largest absolute Gasteiger partial charge is 0.504 e. The summed E-state index contributed by atoms with van der Waals surface area (Å²) >= 11 is 0. The van der Waals surface area contributed by atoms with Crippen molar-refractivity contribution in [2.75, 3.05) is 19.8 Å². The number of hydrogen-bond donors (Lipinski definition) is 1. The van der Waals surface area contributed by atoms with Crippen LogP contribution in [-0.4, -0.2) is 24.9 Å². The normalized spacial score (nSPS) is 13.4. The predicted molar refractivity (Wildman–Crippen MR) is 65.6 cm³/mol. The maximum Gasteiger partial charge on any atom is 0.191 e. The molecule has 1 aromatic carbocycles. The molecule has 1 heterocycles. The first-order valence-corrected chi connectivity index (χ1v) is 5.69. The Morgan fingerprint density at radius 2 is 2.12 bits per heavy atom. The first-order valence-electron chi connectivity index (χ1n) is 5.69. The van der Waals surface area contributed by atoms with Crippen LogP contribution in [0, 0.1) is 6.57 Å². The molecule has 2 rings (SSSR count). The second kappa shape index (κ2) is 7.53. The highest BCUT2D eigenvalue weighted by Gasteiger charge is 2.01. The molecule has 1 aromatic rings. The van der Waals surface area contributed by atoms with Gasteiger partial charge in [-0.1, -0.05) is 6.07 Å². The molecule has 1 saturated heterocycles. The van der Waals surface area contributed by atoms with E-state index in [4.69, 9.17) is 16.0 Å². The van der Waals surface area contributed by atoms with Crippen molar-refractivity contribution >= 4 is 5.69 Å². The molecule has 92 valence electrons. The molecule has 0 aliphatic carbocycles. The molecule has 4 heteroatoms. The summed E-state index contributed by atoms with van der Waals surface area (Å²) in [6.45, 7) is 11.0. The molecule has 0 saturated carbocycles. The fourth-order valence-corrected chi connectivity index (χ4v) is 1.35. The van der Waals surface area contributed by atoms with Crippen LogP contribution in [0.3, 0.4) is 0 Å². The van der Waals surface area contributed by atoms with Crippen molar-refractivity contribution in [3.63, 3.8) is 0 Å². The summed E-state index contributed by atoms with van der Waals surface area (Å²) in [6, 6.07) is 4.52. The summed E-state index contributed by atoms with van der Waals surface area (Å²) in [7, 11) is 0. The standard InChI is InChI=1S/C9H9NO2.C4H8O/c1-3-12-9-6-7(10-2)4-5-8(9)11;1-2-4-5-3-1/h4-6,11H,3H2,1H3;1-4H2. The van der Waals surface area contributed by atoms with Gasteiger partial charge in [0, 0.05) is 13.2 Å². The zero-order valence-corrected chi connectivity index (χ0v) is 9.98. The predicted octanol–water partition coefficient (Wildman–Crippen LogP) is 3.14. The number of phenolic OH excluding ortho intramolecular Hbond substituents is 1. The number of benzene rings is 1. The monoisotopic (exact) mass is 235 g/mol. The number of hydrogen-bond acceptors (Lipinski definition) is 3. The van der Waals surface area contributed by atoms with Gasteiger partial charge in [0.05, 0.1) is 13.2 Å². The maximum absolute atomic E-state index is 9.23. The Bertz CT molecular complexity index is 373. The summed E-state index contributed by atoms with van der Waals surface area (Å²) in [5.74, 6) is 0.440. The molecule has 17 heavy (non-hydrogen) atoms. The van der Waals surface area contributed by atoms with Crippen LogP contribution in [0.25, 0.3) is 4.85 Å². The topological polar surface area (TPSA) is 43.0 Å². The molecule has 0 bridgehead atoms. The minimum absolute atomic E-state index is 0.0734. The van der Waals surface area contributed by atoms with Crippen molar-refractivity contribution in [2.24, 2.45) is 0 Å². The summed E-state index contributed by atoms with van der Waals surface area (Å²) in [5, 5.41) is 9.23. The molecule has 0 unspecified atom stereocenters. The van der Waals surface area contributed by atoms with Crippen molar-refractivity contribution in [2.45, 2.75) is 19.8 Å². The second-order valence-electron chi connectivity index (χ2n) is 3.52. The molecule has 0 atom stereocenters. The van der Waals surface area contributed by atoms with Crippen molar-refractivity contribution in [1.29, 1.82) is 0 Å². The van der Waals surface area contributed by atoms with Crippen molar-refractivity contribution in [3.8, 4) is 11.5 Å². The van der Waals surface area contributed by atoms with Crippen LogP contribution in [0.4, 0.5) is 5.69 Å². The third-order valence-electron chi connectivity index (χ3n) is 2.20. The molecule has 0 radical (unpaired) electrons. The minimum atomic E-state index is 0.0734. The fourth-order valence-electron chi connectivity index (χ4n) is 1.35. The van der Waals surface area contributed by atoms with Gasteiger partial charge >= 0.3 is 0 Å². The Hall–Kier alpha value is -1.73. The number of nitrogens with zero attached hydrogens (tertiary/aromatic N) is 1. The van der Waals surface area contributed by atoms with E-state index in [0.717, 1.165) is 13.2 Å². The summed E-state index contributed by atoms with van der Waals surface area (Å²) in [4.78, 5) is 3.21. The lowest BCUT2D eigenvalue weighted by Gasteiger charge is -2.04. The van der Waals surface area contributed by atoms with Crippen LogP contribution >= 0.6 is 0 Å². The van der Waals surface area contributed by atoms with Gasteiger partial charge in [-0.3, -0.25) is 0 Å². The second-order valence-corrected chi connectivity index (χ2v) is 3.52. The zero-order valence-electron chi connectivity index (χ0n) is 9.98. The van der Waals surface area contributed by atoms with Crippen LogP contribution in [-0.2, 0) is 4.74 Å². The van der Waals surface area contributed by atoms with E-state index < -0.39 is 0 Å². The van der Waals surface area contributed by atoms with Gasteiger partial charge in [0.25, 0.3) is 0 Å². The first kappa shape index (κ1) is 13.3. The summed E-state index contributed by atoms with van der Waals surface area (Å²) in [6.07, 6.45) is 2.56. The molecule has 4 nitrogen and oxygen atoms in total. The quantitative estimate of drug-likeness (QED) is 0.801. The maximum atomic E-state index is 9.23. The average molecular weight is 235 g/mol. The van der Waals surface area contributed by atoms with Gasteiger partial charge < -0.3 is 14.6 Å².